The van der Waals surface area contributed by atoms with Gasteiger partial charge in [0.1, 0.15) is 6.29 Å². The Kier molecular flexibility index (Phi) is 7.93. The van der Waals surface area contributed by atoms with Crippen LogP contribution in [0.1, 0.15) is 65.9 Å². The van der Waals surface area contributed by atoms with Crippen molar-refractivity contribution in [1.29, 1.82) is 0 Å². The second-order valence-corrected chi connectivity index (χ2v) is 15.3. The lowest BCUT2D eigenvalue weighted by atomic mass is 9.82. The molecular formula is C50H41N3O. The van der Waals surface area contributed by atoms with E-state index in [0.29, 0.717) is 5.56 Å². The lowest BCUT2D eigenvalue weighted by Crippen LogP contribution is -2.18. The van der Waals surface area contributed by atoms with Crippen molar-refractivity contribution in [3.63, 3.8) is 0 Å². The van der Waals surface area contributed by atoms with Gasteiger partial charge >= 0.3 is 0 Å². The fraction of sp³-hybridized carbons (Fsp3) is 0.120. The van der Waals surface area contributed by atoms with Gasteiger partial charge < -0.3 is 4.90 Å². The topological polar surface area (TPSA) is 35.9 Å². The Morgan fingerprint density at radius 2 is 0.852 bits per heavy atom. The summed E-state index contributed by atoms with van der Waals surface area (Å²) in [5.74, 6) is 0. The molecule has 0 aromatic heterocycles. The standard InChI is InChI=1S/C50H41N3O/c1-49(2)45-16-10-8-14-41(45)43-28-26-39(30-47(43)49)52(40-27-29-44-42-15-9-11-17-46(42)50(3,4)48(44)31-40)36-22-18-34(19-23-36)32-51-53(37-12-6-5-7-13-37)38-24-20-35(33-54)21-25-38/h5-33H,1-4H3. The highest BCUT2D eigenvalue weighted by molar-refractivity contribution is 5.89. The van der Waals surface area contributed by atoms with Crippen LogP contribution in [0.3, 0.4) is 0 Å². The summed E-state index contributed by atoms with van der Waals surface area (Å²) in [6.07, 6.45) is 2.75. The summed E-state index contributed by atoms with van der Waals surface area (Å²) in [5, 5.41) is 6.83. The number of anilines is 5. The minimum atomic E-state index is -0.117. The SMILES string of the molecule is CC1(C)c2ccccc2-c2ccc(N(c3ccc(C=NN(c4ccccc4)c4ccc(C=O)cc4)cc3)c3ccc4c(c3)C(C)(C)c3ccccc3-4)cc21. The van der Waals surface area contributed by atoms with Crippen molar-refractivity contribution in [2.24, 2.45) is 5.10 Å². The molecule has 0 N–H and O–H groups in total. The van der Waals surface area contributed by atoms with Gasteiger partial charge in [-0.15, -0.1) is 0 Å². The van der Waals surface area contributed by atoms with Gasteiger partial charge in [0.15, 0.2) is 0 Å². The van der Waals surface area contributed by atoms with E-state index in [1.165, 1.54) is 44.5 Å². The number of hydrogen-bond acceptors (Lipinski definition) is 4. The lowest BCUT2D eigenvalue weighted by molar-refractivity contribution is 0.112. The molecule has 0 spiro atoms. The third-order valence-corrected chi connectivity index (χ3v) is 11.4. The summed E-state index contributed by atoms with van der Waals surface area (Å²) in [6.45, 7) is 9.35. The monoisotopic (exact) mass is 699 g/mol. The average Bonchev–Trinajstić information content (AvgIpc) is 3.58. The molecule has 262 valence electrons. The van der Waals surface area contributed by atoms with Crippen LogP contribution in [0.4, 0.5) is 28.4 Å². The molecule has 4 nitrogen and oxygen atoms in total. The molecule has 7 aromatic rings. The minimum absolute atomic E-state index is 0.117. The first-order valence-corrected chi connectivity index (χ1v) is 18.6. The Morgan fingerprint density at radius 1 is 0.426 bits per heavy atom. The number of hydrogen-bond donors (Lipinski definition) is 0. The van der Waals surface area contributed by atoms with E-state index in [0.717, 1.165) is 40.3 Å². The van der Waals surface area contributed by atoms with Crippen LogP contribution >= 0.6 is 0 Å². The normalized spacial score (nSPS) is 14.2. The largest absolute Gasteiger partial charge is 0.310 e. The smallest absolute Gasteiger partial charge is 0.150 e. The first-order valence-electron chi connectivity index (χ1n) is 18.6. The van der Waals surface area contributed by atoms with Crippen molar-refractivity contribution in [1.82, 2.24) is 0 Å². The van der Waals surface area contributed by atoms with E-state index in [-0.39, 0.29) is 10.8 Å². The van der Waals surface area contributed by atoms with Gasteiger partial charge in [0.05, 0.1) is 17.6 Å². The molecule has 0 fully saturated rings. The number of rotatable bonds is 8. The van der Waals surface area contributed by atoms with Crippen molar-refractivity contribution in [2.75, 3.05) is 9.91 Å². The number of benzene rings is 7. The number of carbonyl (C=O) groups excluding carboxylic acids is 1. The molecule has 9 rings (SSSR count). The molecule has 0 amide bonds. The fourth-order valence-electron chi connectivity index (χ4n) is 8.49. The quantitative estimate of drug-likeness (QED) is 0.0900. The summed E-state index contributed by atoms with van der Waals surface area (Å²) in [5.41, 5.74) is 17.1. The van der Waals surface area contributed by atoms with Gasteiger partial charge in [0.25, 0.3) is 0 Å². The van der Waals surface area contributed by atoms with Crippen molar-refractivity contribution in [2.45, 2.75) is 38.5 Å². The number of para-hydroxylation sites is 1. The summed E-state index contributed by atoms with van der Waals surface area (Å²) < 4.78 is 0. The third kappa shape index (κ3) is 5.45. The van der Waals surface area contributed by atoms with Crippen molar-refractivity contribution in [3.05, 3.63) is 197 Å². The Bertz CT molecular complexity index is 2460. The molecule has 7 aromatic carbocycles. The predicted molar refractivity (Wildman–Crippen MR) is 224 cm³/mol. The molecular weight excluding hydrogens is 659 g/mol. The van der Waals surface area contributed by atoms with Gasteiger partial charge in [-0.05, 0) is 123 Å². The molecule has 0 atom stereocenters. The molecule has 54 heavy (non-hydrogen) atoms. The van der Waals surface area contributed by atoms with Gasteiger partial charge in [0, 0.05) is 33.5 Å². The number of fused-ring (bicyclic) bond motifs is 6. The van der Waals surface area contributed by atoms with E-state index < -0.39 is 0 Å². The van der Waals surface area contributed by atoms with Gasteiger partial charge in [-0.2, -0.15) is 5.10 Å². The van der Waals surface area contributed by atoms with E-state index in [4.69, 9.17) is 5.10 Å². The predicted octanol–water partition coefficient (Wildman–Crippen LogP) is 12.8. The Hall–Kier alpha value is -6.52. The van der Waals surface area contributed by atoms with Gasteiger partial charge in [-0.1, -0.05) is 119 Å². The number of hydrazone groups is 1. The van der Waals surface area contributed by atoms with Gasteiger partial charge in [0.2, 0.25) is 0 Å². The molecule has 0 heterocycles. The number of aldehydes is 1. The van der Waals surface area contributed by atoms with Crippen molar-refractivity contribution < 1.29 is 4.79 Å². The highest BCUT2D eigenvalue weighted by Gasteiger charge is 2.37. The molecule has 4 heteroatoms. The Labute approximate surface area is 317 Å². The van der Waals surface area contributed by atoms with Crippen LogP contribution in [-0.4, -0.2) is 12.5 Å². The first kappa shape index (κ1) is 33.3. The molecule has 0 saturated heterocycles. The van der Waals surface area contributed by atoms with Crippen molar-refractivity contribution in [3.8, 4) is 22.3 Å². The zero-order valence-electron chi connectivity index (χ0n) is 31.0. The van der Waals surface area contributed by atoms with E-state index >= 15 is 0 Å². The molecule has 0 saturated carbocycles. The molecule has 2 aliphatic carbocycles. The van der Waals surface area contributed by atoms with Crippen LogP contribution in [-0.2, 0) is 10.8 Å². The zero-order chi connectivity index (χ0) is 37.0. The van der Waals surface area contributed by atoms with E-state index in [1.54, 1.807) is 0 Å². The second kappa shape index (κ2) is 12.9. The van der Waals surface area contributed by atoms with Gasteiger partial charge in [-0.25, -0.2) is 5.01 Å². The molecule has 2 aliphatic rings. The maximum atomic E-state index is 11.3. The van der Waals surface area contributed by atoms with Crippen molar-refractivity contribution >= 4 is 40.9 Å². The fourth-order valence-corrected chi connectivity index (χ4v) is 8.49. The van der Waals surface area contributed by atoms with Gasteiger partial charge in [-0.3, -0.25) is 4.79 Å². The number of carbonyl (C=O) groups is 1. The molecule has 0 unspecified atom stereocenters. The summed E-state index contributed by atoms with van der Waals surface area (Å²) in [6, 6.07) is 57.7. The lowest BCUT2D eigenvalue weighted by Gasteiger charge is -2.29. The maximum Gasteiger partial charge on any atom is 0.150 e. The third-order valence-electron chi connectivity index (χ3n) is 11.4. The molecule has 0 radical (unpaired) electrons. The summed E-state index contributed by atoms with van der Waals surface area (Å²) in [7, 11) is 0. The minimum Gasteiger partial charge on any atom is -0.310 e. The van der Waals surface area contributed by atoms with Crippen LogP contribution in [0.5, 0.6) is 0 Å². The van der Waals surface area contributed by atoms with Crippen LogP contribution in [0.25, 0.3) is 22.3 Å². The first-order chi connectivity index (χ1) is 26.2. The van der Waals surface area contributed by atoms with E-state index in [9.17, 15) is 4.79 Å². The second-order valence-electron chi connectivity index (χ2n) is 15.3. The Morgan fingerprint density at radius 3 is 1.39 bits per heavy atom. The molecule has 0 aliphatic heterocycles. The number of nitrogens with zero attached hydrogens (tertiary/aromatic N) is 3. The highest BCUT2D eigenvalue weighted by Crippen LogP contribution is 2.53. The van der Waals surface area contributed by atoms with Crippen LogP contribution in [0.15, 0.2) is 169 Å². The van der Waals surface area contributed by atoms with Crippen LogP contribution in [0.2, 0.25) is 0 Å². The Balaban J connectivity index is 1.12. The highest BCUT2D eigenvalue weighted by atomic mass is 16.1. The van der Waals surface area contributed by atoms with E-state index in [2.05, 4.69) is 142 Å². The average molecular weight is 700 g/mol. The summed E-state index contributed by atoms with van der Waals surface area (Å²) in [4.78, 5) is 13.7. The summed E-state index contributed by atoms with van der Waals surface area (Å²) >= 11 is 0. The van der Waals surface area contributed by atoms with Crippen LogP contribution < -0.4 is 9.91 Å². The van der Waals surface area contributed by atoms with E-state index in [1.807, 2.05) is 65.8 Å². The molecule has 0 bridgehead atoms. The van der Waals surface area contributed by atoms with Crippen LogP contribution in [0, 0.1) is 0 Å². The zero-order valence-corrected chi connectivity index (χ0v) is 31.0. The maximum absolute atomic E-state index is 11.3.